The Morgan fingerprint density at radius 2 is 1.91 bits per heavy atom. The Morgan fingerprint density at radius 3 is 2.35 bits per heavy atom. The standard InChI is InChI=1S/C17H22Cl2N2O2/c1-5-14(12-6-8-13(9-7-12)23-11(2)3)20-21-15(22)16(4)10-17(16,18)19/h6-9,11H,5,10H2,1-4H3,(H,21,22)/b20-14-/t16-/m1/s1. The molecule has 126 valence electrons. The maximum Gasteiger partial charge on any atom is 0.249 e. The van der Waals surface area contributed by atoms with Crippen LogP contribution in [0.1, 0.15) is 46.1 Å². The van der Waals surface area contributed by atoms with Gasteiger partial charge in [0.25, 0.3) is 0 Å². The summed E-state index contributed by atoms with van der Waals surface area (Å²) in [7, 11) is 0. The first kappa shape index (κ1) is 18.1. The molecule has 1 saturated carbocycles. The minimum absolute atomic E-state index is 0.130. The molecule has 0 bridgehead atoms. The third-order valence-electron chi connectivity index (χ3n) is 3.95. The van der Waals surface area contributed by atoms with Gasteiger partial charge in [-0.3, -0.25) is 4.79 Å². The smallest absolute Gasteiger partial charge is 0.249 e. The van der Waals surface area contributed by atoms with Crippen LogP contribution in [0.2, 0.25) is 0 Å². The number of nitrogens with one attached hydrogen (secondary N) is 1. The summed E-state index contributed by atoms with van der Waals surface area (Å²) in [4.78, 5) is 12.2. The van der Waals surface area contributed by atoms with Gasteiger partial charge in [-0.1, -0.05) is 6.92 Å². The lowest BCUT2D eigenvalue weighted by Gasteiger charge is -2.12. The molecule has 0 radical (unpaired) electrons. The highest BCUT2D eigenvalue weighted by molar-refractivity contribution is 6.53. The van der Waals surface area contributed by atoms with Crippen molar-refractivity contribution in [1.29, 1.82) is 0 Å². The van der Waals surface area contributed by atoms with Crippen molar-refractivity contribution < 1.29 is 9.53 Å². The van der Waals surface area contributed by atoms with Crippen molar-refractivity contribution in [2.24, 2.45) is 10.5 Å². The lowest BCUT2D eigenvalue weighted by Crippen LogP contribution is -2.30. The third kappa shape index (κ3) is 3.99. The van der Waals surface area contributed by atoms with Gasteiger partial charge >= 0.3 is 0 Å². The molecule has 1 N–H and O–H groups in total. The molecule has 2 rings (SSSR count). The summed E-state index contributed by atoms with van der Waals surface area (Å²) in [5.74, 6) is 0.552. The van der Waals surface area contributed by atoms with Crippen LogP contribution in [-0.4, -0.2) is 22.1 Å². The highest BCUT2D eigenvalue weighted by Gasteiger charge is 2.68. The summed E-state index contributed by atoms with van der Waals surface area (Å²) < 4.78 is 4.63. The molecule has 1 amide bonds. The van der Waals surface area contributed by atoms with Crippen molar-refractivity contribution in [3.8, 4) is 5.75 Å². The maximum atomic E-state index is 12.2. The van der Waals surface area contributed by atoms with Crippen LogP contribution in [0.5, 0.6) is 5.75 Å². The van der Waals surface area contributed by atoms with E-state index in [1.165, 1.54) is 0 Å². The summed E-state index contributed by atoms with van der Waals surface area (Å²) in [6, 6.07) is 7.65. The molecule has 1 fully saturated rings. The van der Waals surface area contributed by atoms with Crippen LogP contribution in [0.15, 0.2) is 29.4 Å². The molecule has 0 spiro atoms. The van der Waals surface area contributed by atoms with Crippen LogP contribution in [0, 0.1) is 5.41 Å². The van der Waals surface area contributed by atoms with E-state index >= 15 is 0 Å². The Bertz CT molecular complexity index is 612. The van der Waals surface area contributed by atoms with Crippen molar-refractivity contribution in [3.05, 3.63) is 29.8 Å². The molecular formula is C17H22Cl2N2O2. The zero-order valence-corrected chi connectivity index (χ0v) is 15.3. The molecule has 0 heterocycles. The maximum absolute atomic E-state index is 12.2. The van der Waals surface area contributed by atoms with Crippen LogP contribution in [-0.2, 0) is 4.79 Å². The van der Waals surface area contributed by atoms with E-state index in [0.717, 1.165) is 17.0 Å². The van der Waals surface area contributed by atoms with E-state index in [1.807, 2.05) is 45.0 Å². The van der Waals surface area contributed by atoms with Crippen molar-refractivity contribution in [2.75, 3.05) is 0 Å². The molecule has 0 unspecified atom stereocenters. The molecule has 1 aromatic rings. The quantitative estimate of drug-likeness (QED) is 0.469. The molecule has 0 aromatic heterocycles. The summed E-state index contributed by atoms with van der Waals surface area (Å²) >= 11 is 12.0. The van der Waals surface area contributed by atoms with Gasteiger partial charge in [0, 0.05) is 0 Å². The van der Waals surface area contributed by atoms with Crippen LogP contribution in [0.4, 0.5) is 0 Å². The predicted molar refractivity (Wildman–Crippen MR) is 94.3 cm³/mol. The molecule has 0 aliphatic heterocycles. The zero-order valence-electron chi connectivity index (χ0n) is 13.8. The number of hydrogen-bond donors (Lipinski definition) is 1. The van der Waals surface area contributed by atoms with Gasteiger partial charge in [-0.2, -0.15) is 5.10 Å². The summed E-state index contributed by atoms with van der Waals surface area (Å²) in [6.07, 6.45) is 1.26. The van der Waals surface area contributed by atoms with Crippen LogP contribution in [0.3, 0.4) is 0 Å². The average Bonchev–Trinajstić information content (AvgIpc) is 3.00. The fourth-order valence-corrected chi connectivity index (χ4v) is 2.94. The van der Waals surface area contributed by atoms with Gasteiger partial charge in [-0.05, 0) is 63.4 Å². The van der Waals surface area contributed by atoms with Crippen LogP contribution in [0.25, 0.3) is 0 Å². The Kier molecular flexibility index (Phi) is 5.27. The second kappa shape index (κ2) is 6.70. The molecular weight excluding hydrogens is 335 g/mol. The van der Waals surface area contributed by atoms with E-state index < -0.39 is 9.75 Å². The Balaban J connectivity index is 2.06. The number of halogens is 2. The van der Waals surface area contributed by atoms with Gasteiger partial charge in [0.2, 0.25) is 5.91 Å². The largest absolute Gasteiger partial charge is 0.491 e. The molecule has 1 aliphatic rings. The number of benzene rings is 1. The fraction of sp³-hybridized carbons (Fsp3) is 0.529. The monoisotopic (exact) mass is 356 g/mol. The zero-order chi connectivity index (χ0) is 17.3. The third-order valence-corrected chi connectivity index (χ3v) is 5.05. The number of alkyl halides is 2. The number of nitrogens with zero attached hydrogens (tertiary/aromatic N) is 1. The highest BCUT2D eigenvalue weighted by Crippen LogP contribution is 2.63. The van der Waals surface area contributed by atoms with E-state index in [-0.39, 0.29) is 12.0 Å². The van der Waals surface area contributed by atoms with Crippen LogP contribution >= 0.6 is 23.2 Å². The SMILES string of the molecule is CC/C(=N/NC(=O)[C@@]1(C)CC1(Cl)Cl)c1ccc(OC(C)C)cc1. The lowest BCUT2D eigenvalue weighted by atomic mass is 10.1. The van der Waals surface area contributed by atoms with Crippen molar-refractivity contribution in [3.63, 3.8) is 0 Å². The number of hydrogen-bond acceptors (Lipinski definition) is 3. The van der Waals surface area contributed by atoms with Crippen molar-refractivity contribution >= 4 is 34.8 Å². The second-order valence-electron chi connectivity index (χ2n) is 6.26. The Labute approximate surface area is 147 Å². The second-order valence-corrected chi connectivity index (χ2v) is 7.74. The van der Waals surface area contributed by atoms with Gasteiger partial charge in [0.1, 0.15) is 10.1 Å². The summed E-state index contributed by atoms with van der Waals surface area (Å²) in [5, 5.41) is 4.23. The van der Waals surface area contributed by atoms with E-state index in [2.05, 4.69) is 10.5 Å². The number of rotatable bonds is 6. The molecule has 23 heavy (non-hydrogen) atoms. The summed E-state index contributed by atoms with van der Waals surface area (Å²) in [5.41, 5.74) is 3.54. The summed E-state index contributed by atoms with van der Waals surface area (Å²) in [6.45, 7) is 7.68. The van der Waals surface area contributed by atoms with Crippen molar-refractivity contribution in [2.45, 2.75) is 51.0 Å². The number of hydrazone groups is 1. The molecule has 6 heteroatoms. The topological polar surface area (TPSA) is 50.7 Å². The van der Waals surface area contributed by atoms with E-state index in [0.29, 0.717) is 12.8 Å². The van der Waals surface area contributed by atoms with Gasteiger partial charge in [-0.25, -0.2) is 5.43 Å². The van der Waals surface area contributed by atoms with E-state index in [1.54, 1.807) is 6.92 Å². The molecule has 1 atom stereocenters. The van der Waals surface area contributed by atoms with E-state index in [4.69, 9.17) is 27.9 Å². The molecule has 4 nitrogen and oxygen atoms in total. The molecule has 0 saturated heterocycles. The minimum Gasteiger partial charge on any atom is -0.491 e. The number of ether oxygens (including phenoxy) is 1. The first-order chi connectivity index (χ1) is 10.7. The predicted octanol–water partition coefficient (Wildman–Crippen LogP) is 4.29. The molecule has 1 aromatic carbocycles. The first-order valence-electron chi connectivity index (χ1n) is 7.71. The number of carbonyl (C=O) groups is 1. The molecule has 1 aliphatic carbocycles. The van der Waals surface area contributed by atoms with Crippen molar-refractivity contribution in [1.82, 2.24) is 5.43 Å². The number of amides is 1. The Hall–Kier alpha value is -1.26. The first-order valence-corrected chi connectivity index (χ1v) is 8.47. The van der Waals surface area contributed by atoms with Gasteiger partial charge in [0.15, 0.2) is 0 Å². The minimum atomic E-state index is -0.991. The average molecular weight is 357 g/mol. The fourth-order valence-electron chi connectivity index (χ4n) is 2.23. The van der Waals surface area contributed by atoms with Gasteiger partial charge < -0.3 is 4.74 Å². The van der Waals surface area contributed by atoms with Gasteiger partial charge in [-0.15, -0.1) is 23.2 Å². The van der Waals surface area contributed by atoms with E-state index in [9.17, 15) is 4.79 Å². The normalized spacial score (nSPS) is 22.8. The Morgan fingerprint density at radius 1 is 1.35 bits per heavy atom. The van der Waals surface area contributed by atoms with Gasteiger partial charge in [0.05, 0.1) is 17.2 Å². The lowest BCUT2D eigenvalue weighted by molar-refractivity contribution is -0.125. The highest BCUT2D eigenvalue weighted by atomic mass is 35.5. The number of carbonyl (C=O) groups excluding carboxylic acids is 1. The van der Waals surface area contributed by atoms with Crippen LogP contribution < -0.4 is 10.2 Å².